The van der Waals surface area contributed by atoms with Crippen LogP contribution in [0.25, 0.3) is 0 Å². The number of hydrogen-bond donors (Lipinski definition) is 1. The molecular formula is C11H17BrN2O2. The van der Waals surface area contributed by atoms with Crippen molar-refractivity contribution in [1.29, 1.82) is 0 Å². The van der Waals surface area contributed by atoms with Crippen molar-refractivity contribution in [3.8, 4) is 0 Å². The van der Waals surface area contributed by atoms with Crippen LogP contribution in [-0.2, 0) is 11.3 Å². The van der Waals surface area contributed by atoms with Crippen molar-refractivity contribution >= 4 is 21.9 Å². The first-order chi connectivity index (χ1) is 7.52. The second-order valence-electron chi connectivity index (χ2n) is 3.91. The smallest absolute Gasteiger partial charge is 0.303 e. The van der Waals surface area contributed by atoms with E-state index in [1.165, 1.54) is 0 Å². The van der Waals surface area contributed by atoms with E-state index in [0.717, 1.165) is 41.7 Å². The van der Waals surface area contributed by atoms with Gasteiger partial charge in [-0.2, -0.15) is 5.10 Å². The number of aliphatic carboxylic acids is 1. The highest BCUT2D eigenvalue weighted by Gasteiger charge is 2.07. The zero-order valence-electron chi connectivity index (χ0n) is 9.66. The van der Waals surface area contributed by atoms with Crippen LogP contribution < -0.4 is 0 Å². The first kappa shape index (κ1) is 13.2. The Morgan fingerprint density at radius 2 is 2.06 bits per heavy atom. The SMILES string of the molecule is Cc1nn(CCCCCC(=O)O)c(C)c1Br. The van der Waals surface area contributed by atoms with Crippen LogP contribution in [0.4, 0.5) is 0 Å². The van der Waals surface area contributed by atoms with Crippen molar-refractivity contribution in [1.82, 2.24) is 9.78 Å². The lowest BCUT2D eigenvalue weighted by Crippen LogP contribution is -2.03. The summed E-state index contributed by atoms with van der Waals surface area (Å²) < 4.78 is 3.04. The molecule has 0 radical (unpaired) electrons. The summed E-state index contributed by atoms with van der Waals surface area (Å²) in [6.07, 6.45) is 2.92. The lowest BCUT2D eigenvalue weighted by atomic mass is 10.2. The fourth-order valence-electron chi connectivity index (χ4n) is 1.61. The predicted molar refractivity (Wildman–Crippen MR) is 65.5 cm³/mol. The Morgan fingerprint density at radius 1 is 1.38 bits per heavy atom. The van der Waals surface area contributed by atoms with Crippen LogP contribution in [0.2, 0.25) is 0 Å². The highest BCUT2D eigenvalue weighted by Crippen LogP contribution is 2.20. The highest BCUT2D eigenvalue weighted by atomic mass is 79.9. The van der Waals surface area contributed by atoms with Gasteiger partial charge in [-0.05, 0) is 42.6 Å². The molecule has 0 saturated carbocycles. The lowest BCUT2D eigenvalue weighted by Gasteiger charge is -2.03. The van der Waals surface area contributed by atoms with Gasteiger partial charge < -0.3 is 5.11 Å². The third kappa shape index (κ3) is 3.63. The molecule has 0 aromatic carbocycles. The molecule has 0 aliphatic heterocycles. The average Bonchev–Trinajstić information content (AvgIpc) is 2.45. The zero-order valence-corrected chi connectivity index (χ0v) is 11.2. The molecule has 1 rings (SSSR count). The molecule has 0 aliphatic carbocycles. The van der Waals surface area contributed by atoms with Crippen LogP contribution in [0.3, 0.4) is 0 Å². The van der Waals surface area contributed by atoms with Crippen molar-refractivity contribution in [2.45, 2.75) is 46.1 Å². The Kier molecular flexibility index (Phi) is 4.99. The summed E-state index contributed by atoms with van der Waals surface area (Å²) in [4.78, 5) is 10.3. The molecule has 0 aliphatic rings. The van der Waals surface area contributed by atoms with Gasteiger partial charge in [0.1, 0.15) is 0 Å². The van der Waals surface area contributed by atoms with Crippen LogP contribution in [0.15, 0.2) is 4.47 Å². The van der Waals surface area contributed by atoms with Crippen molar-refractivity contribution in [3.05, 3.63) is 15.9 Å². The van der Waals surface area contributed by atoms with Crippen LogP contribution in [0.5, 0.6) is 0 Å². The van der Waals surface area contributed by atoms with Gasteiger partial charge in [0.05, 0.1) is 10.2 Å². The highest BCUT2D eigenvalue weighted by molar-refractivity contribution is 9.10. The molecule has 0 spiro atoms. The maximum Gasteiger partial charge on any atom is 0.303 e. The maximum absolute atomic E-state index is 10.3. The molecule has 4 nitrogen and oxygen atoms in total. The summed E-state index contributed by atoms with van der Waals surface area (Å²) >= 11 is 3.48. The Labute approximate surface area is 104 Å². The molecule has 0 atom stereocenters. The van der Waals surface area contributed by atoms with Gasteiger partial charge in [0.2, 0.25) is 0 Å². The molecule has 0 saturated heterocycles. The monoisotopic (exact) mass is 288 g/mol. The summed E-state index contributed by atoms with van der Waals surface area (Å²) in [6, 6.07) is 0. The molecule has 90 valence electrons. The first-order valence-corrected chi connectivity index (χ1v) is 6.23. The molecule has 0 fully saturated rings. The third-order valence-electron chi connectivity index (χ3n) is 2.55. The largest absolute Gasteiger partial charge is 0.481 e. The molecule has 1 N–H and O–H groups in total. The van der Waals surface area contributed by atoms with Crippen LogP contribution >= 0.6 is 15.9 Å². The van der Waals surface area contributed by atoms with Crippen LogP contribution in [0, 0.1) is 13.8 Å². The van der Waals surface area contributed by atoms with E-state index in [1.54, 1.807) is 0 Å². The number of carboxylic acid groups (broad SMARTS) is 1. The molecule has 1 aromatic rings. The molecule has 5 heteroatoms. The minimum absolute atomic E-state index is 0.265. The summed E-state index contributed by atoms with van der Waals surface area (Å²) in [5.41, 5.74) is 2.14. The van der Waals surface area contributed by atoms with Crippen LogP contribution in [-0.4, -0.2) is 20.9 Å². The number of carbonyl (C=O) groups is 1. The van der Waals surface area contributed by atoms with E-state index < -0.39 is 5.97 Å². The molecule has 0 amide bonds. The van der Waals surface area contributed by atoms with Crippen molar-refractivity contribution in [2.24, 2.45) is 0 Å². The third-order valence-corrected chi connectivity index (χ3v) is 3.70. The van der Waals surface area contributed by atoms with E-state index in [4.69, 9.17) is 5.11 Å². The lowest BCUT2D eigenvalue weighted by molar-refractivity contribution is -0.137. The summed E-state index contributed by atoms with van der Waals surface area (Å²) in [5, 5.41) is 12.9. The number of rotatable bonds is 6. The van der Waals surface area contributed by atoms with E-state index in [9.17, 15) is 4.79 Å². The van der Waals surface area contributed by atoms with Crippen molar-refractivity contribution < 1.29 is 9.90 Å². The standard InChI is InChI=1S/C11H17BrN2O2/c1-8-11(12)9(2)14(13-8)7-5-3-4-6-10(15)16/h3-7H2,1-2H3,(H,15,16). The van der Waals surface area contributed by atoms with Crippen molar-refractivity contribution in [3.63, 3.8) is 0 Å². The van der Waals surface area contributed by atoms with Crippen LogP contribution in [0.1, 0.15) is 37.1 Å². The van der Waals surface area contributed by atoms with Gasteiger partial charge in [-0.25, -0.2) is 0 Å². The quantitative estimate of drug-likeness (QED) is 0.819. The molecule has 16 heavy (non-hydrogen) atoms. The normalized spacial score (nSPS) is 10.7. The fourth-order valence-corrected chi connectivity index (χ4v) is 1.89. The van der Waals surface area contributed by atoms with E-state index in [0.29, 0.717) is 0 Å². The number of carboxylic acids is 1. The van der Waals surface area contributed by atoms with Gasteiger partial charge in [0.25, 0.3) is 0 Å². The van der Waals surface area contributed by atoms with Gasteiger partial charge in [-0.3, -0.25) is 9.48 Å². The molecular weight excluding hydrogens is 272 g/mol. The van der Waals surface area contributed by atoms with Crippen molar-refractivity contribution in [2.75, 3.05) is 0 Å². The fraction of sp³-hybridized carbons (Fsp3) is 0.636. The molecule has 1 aromatic heterocycles. The summed E-state index contributed by atoms with van der Waals surface area (Å²) in [7, 11) is 0. The number of unbranched alkanes of at least 4 members (excludes halogenated alkanes) is 2. The van der Waals surface area contributed by atoms with E-state index >= 15 is 0 Å². The van der Waals surface area contributed by atoms with E-state index in [2.05, 4.69) is 21.0 Å². The number of hydrogen-bond acceptors (Lipinski definition) is 2. The Morgan fingerprint density at radius 3 is 2.56 bits per heavy atom. The van der Waals surface area contributed by atoms with Gasteiger partial charge in [0, 0.05) is 18.7 Å². The second kappa shape index (κ2) is 6.03. The van der Waals surface area contributed by atoms with Gasteiger partial charge in [-0.1, -0.05) is 6.42 Å². The summed E-state index contributed by atoms with van der Waals surface area (Å²) in [6.45, 7) is 4.86. The first-order valence-electron chi connectivity index (χ1n) is 5.43. The molecule has 1 heterocycles. The second-order valence-corrected chi connectivity index (χ2v) is 4.71. The number of halogens is 1. The Bertz CT molecular complexity index is 374. The summed E-state index contributed by atoms with van der Waals surface area (Å²) in [5.74, 6) is -0.714. The van der Waals surface area contributed by atoms with Gasteiger partial charge in [0.15, 0.2) is 0 Å². The Balaban J connectivity index is 2.32. The topological polar surface area (TPSA) is 55.1 Å². The predicted octanol–water partition coefficient (Wildman–Crippen LogP) is 2.91. The molecule has 0 unspecified atom stereocenters. The van der Waals surface area contributed by atoms with E-state index in [1.807, 2.05) is 18.5 Å². The molecule has 0 bridgehead atoms. The number of nitrogens with zero attached hydrogens (tertiary/aromatic N) is 2. The number of aromatic nitrogens is 2. The van der Waals surface area contributed by atoms with E-state index in [-0.39, 0.29) is 6.42 Å². The minimum atomic E-state index is -0.714. The maximum atomic E-state index is 10.3. The zero-order chi connectivity index (χ0) is 12.1. The minimum Gasteiger partial charge on any atom is -0.481 e. The van der Waals surface area contributed by atoms with Gasteiger partial charge in [-0.15, -0.1) is 0 Å². The van der Waals surface area contributed by atoms with Gasteiger partial charge >= 0.3 is 5.97 Å². The Hall–Kier alpha value is -0.840. The number of aryl methyl sites for hydroxylation is 2. The average molecular weight is 289 g/mol.